The molecule has 13 heteroatoms. The fraction of sp³-hybridized carbons (Fsp3) is 0.500. The Morgan fingerprint density at radius 2 is 1.76 bits per heavy atom. The third-order valence-electron chi connectivity index (χ3n) is 8.40. The summed E-state index contributed by atoms with van der Waals surface area (Å²) in [6.07, 6.45) is -4.17. The highest BCUT2D eigenvalue weighted by Crippen LogP contribution is 2.71. The molecule has 3 fully saturated rings. The van der Waals surface area contributed by atoms with Crippen LogP contribution < -0.4 is 5.32 Å². The predicted octanol–water partition coefficient (Wildman–Crippen LogP) is 5.15. The number of carbonyl (C=O) groups is 1. The summed E-state index contributed by atoms with van der Waals surface area (Å²) >= 11 is 5.84. The standard InChI is InChI=1S/C28H31ClF4N4O3S/c1-25(2)22(23(38)36(3)12-11-28(31,32)33)34-24(35-25)26-15-27(16-26,17-26)37(14-18-9-10-20(29)21(30)13-18)41(39,40)19-7-5-4-6-8-19/h4-10,13,22H,11-12,14-17H2,1-3H3,(H,34,35)/t22-,26?,27?/m0/s1. The van der Waals surface area contributed by atoms with Gasteiger partial charge in [0, 0.05) is 31.1 Å². The molecule has 6 rings (SSSR count). The summed E-state index contributed by atoms with van der Waals surface area (Å²) in [7, 11) is -2.63. The zero-order chi connectivity index (χ0) is 30.0. The van der Waals surface area contributed by atoms with Crippen LogP contribution in [-0.2, 0) is 21.4 Å². The topological polar surface area (TPSA) is 82.1 Å². The molecule has 3 saturated carbocycles. The van der Waals surface area contributed by atoms with Crippen molar-refractivity contribution in [1.29, 1.82) is 0 Å². The first-order valence-corrected chi connectivity index (χ1v) is 15.0. The monoisotopic (exact) mass is 614 g/mol. The fourth-order valence-corrected chi connectivity index (χ4v) is 8.12. The van der Waals surface area contributed by atoms with E-state index in [0.29, 0.717) is 30.7 Å². The Labute approximate surface area is 241 Å². The lowest BCUT2D eigenvalue weighted by Gasteiger charge is -2.73. The number of benzene rings is 2. The van der Waals surface area contributed by atoms with Gasteiger partial charge in [-0.05, 0) is 62.9 Å². The quantitative estimate of drug-likeness (QED) is 0.396. The van der Waals surface area contributed by atoms with Crippen molar-refractivity contribution in [3.8, 4) is 0 Å². The van der Waals surface area contributed by atoms with Crippen LogP contribution in [0.2, 0.25) is 5.02 Å². The van der Waals surface area contributed by atoms with Crippen molar-refractivity contribution in [2.75, 3.05) is 13.6 Å². The second kappa shape index (κ2) is 9.95. The molecule has 0 saturated heterocycles. The normalized spacial score (nSPS) is 26.6. The lowest BCUT2D eigenvalue weighted by Crippen LogP contribution is -2.78. The lowest BCUT2D eigenvalue weighted by molar-refractivity contribution is -0.151. The predicted molar refractivity (Wildman–Crippen MR) is 146 cm³/mol. The number of amides is 1. The van der Waals surface area contributed by atoms with Crippen LogP contribution in [0.4, 0.5) is 17.6 Å². The van der Waals surface area contributed by atoms with Gasteiger partial charge in [-0.3, -0.25) is 9.79 Å². The molecule has 3 aliphatic carbocycles. The van der Waals surface area contributed by atoms with Crippen molar-refractivity contribution >= 4 is 33.4 Å². The maximum Gasteiger partial charge on any atom is 0.390 e. The fourth-order valence-electron chi connectivity index (χ4n) is 6.22. The van der Waals surface area contributed by atoms with Crippen molar-refractivity contribution < 1.29 is 30.8 Å². The second-order valence-electron chi connectivity index (χ2n) is 12.0. The molecule has 7 nitrogen and oxygen atoms in total. The van der Waals surface area contributed by atoms with E-state index in [9.17, 15) is 30.8 Å². The van der Waals surface area contributed by atoms with Crippen LogP contribution in [0.5, 0.6) is 0 Å². The minimum atomic E-state index is -4.38. The number of carbonyl (C=O) groups excluding carboxylic acids is 1. The number of sulfonamides is 1. The van der Waals surface area contributed by atoms with Gasteiger partial charge >= 0.3 is 6.18 Å². The molecule has 4 aliphatic rings. The molecule has 2 bridgehead atoms. The Hall–Kier alpha value is -2.70. The molecule has 0 spiro atoms. The Kier molecular flexibility index (Phi) is 7.22. The Balaban J connectivity index is 1.38. The molecule has 0 unspecified atom stereocenters. The smallest absolute Gasteiger partial charge is 0.366 e. The van der Waals surface area contributed by atoms with Gasteiger partial charge < -0.3 is 10.2 Å². The summed E-state index contributed by atoms with van der Waals surface area (Å²) < 4.78 is 81.5. The highest BCUT2D eigenvalue weighted by Gasteiger charge is 2.75. The van der Waals surface area contributed by atoms with Crippen LogP contribution in [0.1, 0.15) is 45.1 Å². The molecule has 1 amide bonds. The van der Waals surface area contributed by atoms with Gasteiger partial charge in [0.05, 0.1) is 21.9 Å². The number of hydrogen-bond donors (Lipinski definition) is 1. The molecule has 222 valence electrons. The molecule has 2 aromatic rings. The van der Waals surface area contributed by atoms with Gasteiger partial charge in [0.15, 0.2) is 6.04 Å². The van der Waals surface area contributed by atoms with E-state index in [4.69, 9.17) is 11.6 Å². The number of halogens is 5. The van der Waals surface area contributed by atoms with Crippen LogP contribution in [0.3, 0.4) is 0 Å². The number of amidine groups is 1. The van der Waals surface area contributed by atoms with E-state index in [2.05, 4.69) is 10.3 Å². The van der Waals surface area contributed by atoms with Gasteiger partial charge in [-0.15, -0.1) is 0 Å². The number of nitrogens with one attached hydrogen (secondary N) is 1. The largest absolute Gasteiger partial charge is 0.390 e. The first kappa shape index (κ1) is 29.8. The molecule has 2 aromatic carbocycles. The van der Waals surface area contributed by atoms with Crippen LogP contribution in [0, 0.1) is 11.2 Å². The minimum absolute atomic E-state index is 0.0576. The van der Waals surface area contributed by atoms with Crippen LogP contribution in [0.25, 0.3) is 0 Å². The highest BCUT2D eigenvalue weighted by molar-refractivity contribution is 7.89. The molecular weight excluding hydrogens is 584 g/mol. The molecule has 1 atom stereocenters. The number of rotatable bonds is 9. The van der Waals surface area contributed by atoms with E-state index >= 15 is 0 Å². The lowest BCUT2D eigenvalue weighted by atomic mass is 9.38. The maximum atomic E-state index is 14.2. The third kappa shape index (κ3) is 5.34. The summed E-state index contributed by atoms with van der Waals surface area (Å²) in [5.41, 5.74) is -1.59. The number of alkyl halides is 3. The van der Waals surface area contributed by atoms with E-state index in [1.807, 2.05) is 0 Å². The number of likely N-dealkylation sites (N-methyl/N-ethyl adjacent to an activating group) is 1. The SMILES string of the molecule is CN(CCC(F)(F)F)C(=O)[C@@H]1N=C(C23CC(N(Cc4ccc(Cl)c(F)c4)S(=O)(=O)c4ccccc4)(C2)C3)NC1(C)C. The number of aliphatic imine (C=N–C) groups is 1. The number of hydrogen-bond acceptors (Lipinski definition) is 5. The Morgan fingerprint density at radius 1 is 1.12 bits per heavy atom. The van der Waals surface area contributed by atoms with Gasteiger partial charge in [-0.2, -0.15) is 17.5 Å². The summed E-state index contributed by atoms with van der Waals surface area (Å²) in [4.78, 5) is 18.9. The van der Waals surface area contributed by atoms with Crippen molar-refractivity contribution in [3.63, 3.8) is 0 Å². The Bertz CT molecular complexity index is 1480. The molecule has 41 heavy (non-hydrogen) atoms. The van der Waals surface area contributed by atoms with Crippen LogP contribution in [-0.4, -0.2) is 66.3 Å². The van der Waals surface area contributed by atoms with E-state index in [0.717, 1.165) is 4.90 Å². The first-order valence-electron chi connectivity index (χ1n) is 13.2. The van der Waals surface area contributed by atoms with Gasteiger partial charge in [0.25, 0.3) is 0 Å². The van der Waals surface area contributed by atoms with Gasteiger partial charge in [-0.25, -0.2) is 12.8 Å². The zero-order valence-electron chi connectivity index (χ0n) is 22.8. The van der Waals surface area contributed by atoms with Gasteiger partial charge in [-0.1, -0.05) is 35.9 Å². The van der Waals surface area contributed by atoms with E-state index < -0.39 is 63.4 Å². The molecule has 1 aliphatic heterocycles. The second-order valence-corrected chi connectivity index (χ2v) is 14.2. The average Bonchev–Trinajstić information content (AvgIpc) is 3.16. The summed E-state index contributed by atoms with van der Waals surface area (Å²) in [5, 5.41) is 3.25. The van der Waals surface area contributed by atoms with Gasteiger partial charge in [0.1, 0.15) is 11.7 Å². The molecule has 0 aromatic heterocycles. The summed E-state index contributed by atoms with van der Waals surface area (Å²) in [6.45, 7) is 3.02. The molecule has 1 N–H and O–H groups in total. The van der Waals surface area contributed by atoms with Crippen molar-refractivity contribution in [2.45, 2.75) is 74.3 Å². The third-order valence-corrected chi connectivity index (χ3v) is 10.7. The number of nitrogens with zero attached hydrogens (tertiary/aromatic N) is 3. The van der Waals surface area contributed by atoms with Crippen LogP contribution >= 0.6 is 11.6 Å². The zero-order valence-corrected chi connectivity index (χ0v) is 24.4. The van der Waals surface area contributed by atoms with Crippen LogP contribution in [0.15, 0.2) is 58.4 Å². The minimum Gasteiger partial charge on any atom is -0.366 e. The Morgan fingerprint density at radius 3 is 2.34 bits per heavy atom. The average molecular weight is 615 g/mol. The summed E-state index contributed by atoms with van der Waals surface area (Å²) in [5.74, 6) is -0.583. The molecular formula is C28H31ClF4N4O3S. The van der Waals surface area contributed by atoms with E-state index in [-0.39, 0.29) is 16.5 Å². The van der Waals surface area contributed by atoms with Crippen molar-refractivity contribution in [1.82, 2.24) is 14.5 Å². The van der Waals surface area contributed by atoms with E-state index in [1.165, 1.54) is 35.6 Å². The maximum absolute atomic E-state index is 14.2. The van der Waals surface area contributed by atoms with Crippen molar-refractivity contribution in [3.05, 3.63) is 64.9 Å². The summed E-state index contributed by atoms with van der Waals surface area (Å²) in [6, 6.07) is 11.3. The van der Waals surface area contributed by atoms with Gasteiger partial charge in [0.2, 0.25) is 15.9 Å². The molecule has 0 radical (unpaired) electrons. The van der Waals surface area contributed by atoms with E-state index in [1.54, 1.807) is 38.1 Å². The highest BCUT2D eigenvalue weighted by atomic mass is 35.5. The molecule has 1 heterocycles. The first-order chi connectivity index (χ1) is 19.0. The van der Waals surface area contributed by atoms with Crippen molar-refractivity contribution in [2.24, 2.45) is 10.4 Å².